The molecule has 0 radical (unpaired) electrons. The van der Waals surface area contributed by atoms with E-state index in [1.807, 2.05) is 0 Å². The van der Waals surface area contributed by atoms with Crippen LogP contribution in [0.5, 0.6) is 0 Å². The van der Waals surface area contributed by atoms with Crippen LogP contribution >= 0.6 is 0 Å². The smallest absolute Gasteiger partial charge is 0.0288 e. The monoisotopic (exact) mass is 577 g/mol. The molecule has 42 heavy (non-hydrogen) atoms. The Morgan fingerprint density at radius 2 is 0.738 bits per heavy atom. The molecular weight excluding hydrogens is 508 g/mol. The Balaban J connectivity index is 1.21. The third-order valence-electron chi connectivity index (χ3n) is 15.6. The molecule has 2 heteroatoms. The van der Waals surface area contributed by atoms with Crippen LogP contribution in [0.1, 0.15) is 180 Å². The van der Waals surface area contributed by atoms with Gasteiger partial charge in [0.1, 0.15) is 0 Å². The zero-order chi connectivity index (χ0) is 27.9. The maximum absolute atomic E-state index is 3.47. The topological polar surface area (TPSA) is 6.48 Å². The van der Waals surface area contributed by atoms with E-state index in [0.717, 1.165) is 71.8 Å². The van der Waals surface area contributed by atoms with Crippen molar-refractivity contribution in [1.29, 1.82) is 0 Å². The van der Waals surface area contributed by atoms with Gasteiger partial charge in [-0.1, -0.05) is 96.3 Å². The molecule has 0 bridgehead atoms. The van der Waals surface area contributed by atoms with Gasteiger partial charge in [0.25, 0.3) is 0 Å². The van der Waals surface area contributed by atoms with Gasteiger partial charge < -0.3 is 0 Å². The summed E-state index contributed by atoms with van der Waals surface area (Å²) in [5, 5.41) is 0. The number of hydrogen-bond donors (Lipinski definition) is 0. The van der Waals surface area contributed by atoms with Gasteiger partial charge in [0.05, 0.1) is 0 Å². The molecule has 8 unspecified atom stereocenters. The highest BCUT2D eigenvalue weighted by atomic mass is 15.3. The lowest BCUT2D eigenvalue weighted by Crippen LogP contribution is -2.70. The van der Waals surface area contributed by atoms with Crippen molar-refractivity contribution in [1.82, 2.24) is 9.80 Å². The van der Waals surface area contributed by atoms with Gasteiger partial charge in [0.15, 0.2) is 0 Å². The van der Waals surface area contributed by atoms with E-state index in [1.54, 1.807) is 51.4 Å². The fourth-order valence-electron chi connectivity index (χ4n) is 14.2. The molecule has 0 spiro atoms. The molecule has 8 rings (SSSR count). The normalized spacial score (nSPS) is 43.0. The lowest BCUT2D eigenvalue weighted by molar-refractivity contribution is -0.161. The van der Waals surface area contributed by atoms with Crippen molar-refractivity contribution in [2.45, 2.75) is 216 Å². The summed E-state index contributed by atoms with van der Waals surface area (Å²) in [6.07, 6.45) is 43.2. The van der Waals surface area contributed by atoms with Gasteiger partial charge in [0, 0.05) is 36.3 Å². The second-order valence-electron chi connectivity index (χ2n) is 17.5. The molecule has 0 aliphatic heterocycles. The molecule has 8 aliphatic carbocycles. The number of nitrogens with zero attached hydrogens (tertiary/aromatic N) is 2. The molecule has 0 saturated heterocycles. The van der Waals surface area contributed by atoms with Gasteiger partial charge in [-0.15, -0.1) is 0 Å². The summed E-state index contributed by atoms with van der Waals surface area (Å²) in [6, 6.07) is 5.41. The van der Waals surface area contributed by atoms with Gasteiger partial charge in [-0.25, -0.2) is 0 Å². The third kappa shape index (κ3) is 5.60. The standard InChI is InChI=1S/C40H68N2/c1-5-16-32(17-6-1)41(33-18-7-2-8-19-33)37-28-31-25-24-29-14-13-15-30-26-27-36(39(31)38(29)30)40(37)42(34-20-9-3-10-21-34)35-22-11-4-12-23-35/h29-40H,1-28H2. The first-order valence-corrected chi connectivity index (χ1v) is 20.4. The van der Waals surface area contributed by atoms with Crippen LogP contribution in [0.15, 0.2) is 0 Å². The van der Waals surface area contributed by atoms with Crippen molar-refractivity contribution in [3.8, 4) is 0 Å². The van der Waals surface area contributed by atoms with Crippen LogP contribution in [-0.2, 0) is 0 Å². The fourth-order valence-corrected chi connectivity index (χ4v) is 14.2. The van der Waals surface area contributed by atoms with E-state index >= 15 is 0 Å². The Kier molecular flexibility index (Phi) is 9.32. The molecule has 0 N–H and O–H groups in total. The Morgan fingerprint density at radius 1 is 0.310 bits per heavy atom. The molecule has 0 heterocycles. The van der Waals surface area contributed by atoms with E-state index in [4.69, 9.17) is 0 Å². The second-order valence-corrected chi connectivity index (χ2v) is 17.5. The van der Waals surface area contributed by atoms with E-state index in [1.165, 1.54) is 128 Å². The first-order valence-electron chi connectivity index (χ1n) is 20.4. The maximum atomic E-state index is 3.47. The average molecular weight is 577 g/mol. The largest absolute Gasteiger partial charge is 0.293 e. The van der Waals surface area contributed by atoms with Crippen molar-refractivity contribution in [2.24, 2.45) is 35.5 Å². The summed E-state index contributed by atoms with van der Waals surface area (Å²) in [7, 11) is 0. The Morgan fingerprint density at radius 3 is 1.24 bits per heavy atom. The quantitative estimate of drug-likeness (QED) is 0.310. The molecule has 2 nitrogen and oxygen atoms in total. The Hall–Kier alpha value is -0.0800. The van der Waals surface area contributed by atoms with Gasteiger partial charge in [-0.2, -0.15) is 0 Å². The molecule has 0 aromatic rings. The Bertz CT molecular complexity index is 804. The van der Waals surface area contributed by atoms with Crippen LogP contribution in [0.3, 0.4) is 0 Å². The van der Waals surface area contributed by atoms with Crippen LogP contribution < -0.4 is 0 Å². The zero-order valence-electron chi connectivity index (χ0n) is 27.6. The third-order valence-corrected chi connectivity index (χ3v) is 15.6. The molecule has 8 aliphatic rings. The molecule has 0 amide bonds. The predicted octanol–water partition coefficient (Wildman–Crippen LogP) is 10.5. The maximum Gasteiger partial charge on any atom is 0.0288 e. The summed E-state index contributed by atoms with van der Waals surface area (Å²) < 4.78 is 0. The first-order chi connectivity index (χ1) is 20.9. The van der Waals surface area contributed by atoms with Crippen LogP contribution in [0.2, 0.25) is 0 Å². The fraction of sp³-hybridized carbons (Fsp3) is 1.00. The van der Waals surface area contributed by atoms with Crippen molar-refractivity contribution in [3.63, 3.8) is 0 Å². The summed E-state index contributed by atoms with van der Waals surface area (Å²) in [5.74, 6) is 6.52. The first kappa shape index (κ1) is 29.3. The highest BCUT2D eigenvalue weighted by Crippen LogP contribution is 2.62. The van der Waals surface area contributed by atoms with E-state index < -0.39 is 0 Å². The minimum atomic E-state index is 0.878. The van der Waals surface area contributed by atoms with Gasteiger partial charge in [-0.3, -0.25) is 9.80 Å². The highest BCUT2D eigenvalue weighted by molar-refractivity contribution is 5.12. The number of hydrogen-bond acceptors (Lipinski definition) is 2. The van der Waals surface area contributed by atoms with E-state index in [-0.39, 0.29) is 0 Å². The average Bonchev–Trinajstić information content (AvgIpc) is 3.07. The van der Waals surface area contributed by atoms with Crippen LogP contribution in [0, 0.1) is 35.5 Å². The molecular formula is C40H68N2. The molecule has 0 aromatic heterocycles. The minimum absolute atomic E-state index is 0.878. The lowest BCUT2D eigenvalue weighted by atomic mass is 9.46. The summed E-state index contributed by atoms with van der Waals surface area (Å²) >= 11 is 0. The molecule has 8 saturated carbocycles. The van der Waals surface area contributed by atoms with Gasteiger partial charge in [-0.05, 0) is 119 Å². The van der Waals surface area contributed by atoms with E-state index in [2.05, 4.69) is 9.80 Å². The van der Waals surface area contributed by atoms with E-state index in [0.29, 0.717) is 0 Å². The van der Waals surface area contributed by atoms with Crippen LogP contribution in [0.25, 0.3) is 0 Å². The van der Waals surface area contributed by atoms with Crippen molar-refractivity contribution < 1.29 is 0 Å². The van der Waals surface area contributed by atoms with Gasteiger partial charge >= 0.3 is 0 Å². The molecule has 8 atom stereocenters. The van der Waals surface area contributed by atoms with Crippen LogP contribution in [-0.4, -0.2) is 46.1 Å². The highest BCUT2D eigenvalue weighted by Gasteiger charge is 2.59. The SMILES string of the molecule is C1CCC(N(C2CCCCC2)C2CC3CCC4CCCC5CCC(C3C45)C2N(C2CCCCC2)C2CCCCC2)CC1. The van der Waals surface area contributed by atoms with Crippen molar-refractivity contribution in [3.05, 3.63) is 0 Å². The summed E-state index contributed by atoms with van der Waals surface area (Å²) in [4.78, 5) is 6.90. The minimum Gasteiger partial charge on any atom is -0.293 e. The Labute approximate surface area is 260 Å². The van der Waals surface area contributed by atoms with Crippen molar-refractivity contribution >= 4 is 0 Å². The van der Waals surface area contributed by atoms with Gasteiger partial charge in [0.2, 0.25) is 0 Å². The predicted molar refractivity (Wildman–Crippen MR) is 177 cm³/mol. The zero-order valence-corrected chi connectivity index (χ0v) is 27.6. The van der Waals surface area contributed by atoms with E-state index in [9.17, 15) is 0 Å². The summed E-state index contributed by atoms with van der Waals surface area (Å²) in [6.45, 7) is 0. The lowest BCUT2D eigenvalue weighted by Gasteiger charge is -2.66. The second kappa shape index (κ2) is 13.3. The summed E-state index contributed by atoms with van der Waals surface area (Å²) in [5.41, 5.74) is 0. The molecule has 0 aromatic carbocycles. The van der Waals surface area contributed by atoms with Crippen molar-refractivity contribution in [2.75, 3.05) is 0 Å². The number of rotatable bonds is 6. The molecule has 8 fully saturated rings. The van der Waals surface area contributed by atoms with Crippen LogP contribution in [0.4, 0.5) is 0 Å². The molecule has 238 valence electrons.